The third kappa shape index (κ3) is 4.68. The van der Waals surface area contributed by atoms with Gasteiger partial charge in [0.2, 0.25) is 0 Å². The fourth-order valence-electron chi connectivity index (χ4n) is 3.23. The minimum Gasteiger partial charge on any atom is -0.370 e. The summed E-state index contributed by atoms with van der Waals surface area (Å²) in [7, 11) is -3.57. The van der Waals surface area contributed by atoms with Crippen LogP contribution < -0.4 is 14.9 Å². The summed E-state index contributed by atoms with van der Waals surface area (Å²) in [6.45, 7) is 4.10. The zero-order valence-electron chi connectivity index (χ0n) is 16.1. The molecule has 0 amide bonds. The molecule has 0 spiro atoms. The number of aryl methyl sites for hydroxylation is 1. The molecule has 2 aromatic heterocycles. The molecule has 4 rings (SSSR count). The van der Waals surface area contributed by atoms with Crippen LogP contribution in [0.3, 0.4) is 0 Å². The van der Waals surface area contributed by atoms with Gasteiger partial charge in [0.25, 0.3) is 10.0 Å². The summed E-state index contributed by atoms with van der Waals surface area (Å²) >= 11 is 1.29. The number of aromatic nitrogens is 2. The van der Waals surface area contributed by atoms with Crippen LogP contribution in [-0.2, 0) is 16.4 Å². The second-order valence-electron chi connectivity index (χ2n) is 6.88. The van der Waals surface area contributed by atoms with E-state index in [1.165, 1.54) is 24.2 Å². The van der Waals surface area contributed by atoms with Gasteiger partial charge in [-0.15, -0.1) is 16.4 Å². The molecule has 1 aliphatic heterocycles. The third-order valence-corrected chi connectivity index (χ3v) is 7.87. The summed E-state index contributed by atoms with van der Waals surface area (Å²) in [6.07, 6.45) is 5.01. The highest BCUT2D eigenvalue weighted by Crippen LogP contribution is 2.26. The molecule has 0 bridgehead atoms. The molecule has 0 saturated carbocycles. The van der Waals surface area contributed by atoms with Crippen molar-refractivity contribution in [1.29, 1.82) is 0 Å². The van der Waals surface area contributed by atoms with Crippen molar-refractivity contribution < 1.29 is 8.42 Å². The van der Waals surface area contributed by atoms with Crippen molar-refractivity contribution in [3.8, 4) is 0 Å². The number of sulfonamides is 1. The Hall–Kier alpha value is -2.65. The van der Waals surface area contributed by atoms with Gasteiger partial charge >= 0.3 is 0 Å². The molecule has 152 valence electrons. The Bertz CT molecular complexity index is 1070. The molecule has 0 atom stereocenters. The van der Waals surface area contributed by atoms with E-state index in [4.69, 9.17) is 0 Å². The first-order valence-electron chi connectivity index (χ1n) is 9.60. The van der Waals surface area contributed by atoms with Gasteiger partial charge in [0.15, 0.2) is 5.82 Å². The number of benzene rings is 1. The molecule has 2 N–H and O–H groups in total. The average Bonchev–Trinajstić information content (AvgIpc) is 3.42. The number of nitrogens with zero attached hydrogens (tertiary/aromatic N) is 3. The first kappa shape index (κ1) is 19.7. The van der Waals surface area contributed by atoms with Crippen molar-refractivity contribution in [2.75, 3.05) is 28.0 Å². The number of nitrogens with one attached hydrogen (secondary N) is 2. The van der Waals surface area contributed by atoms with Crippen molar-refractivity contribution >= 4 is 44.2 Å². The molecule has 29 heavy (non-hydrogen) atoms. The molecule has 9 heteroatoms. The average molecular weight is 430 g/mol. The Labute approximate surface area is 174 Å². The lowest BCUT2D eigenvalue weighted by Gasteiger charge is -2.17. The highest BCUT2D eigenvalue weighted by molar-refractivity contribution is 7.94. The van der Waals surface area contributed by atoms with Crippen LogP contribution in [-0.4, -0.2) is 31.7 Å². The van der Waals surface area contributed by atoms with Gasteiger partial charge in [-0.3, -0.25) is 4.72 Å². The number of hydrogen-bond acceptors (Lipinski definition) is 7. The number of rotatable bonds is 7. The highest BCUT2D eigenvalue weighted by atomic mass is 32.2. The van der Waals surface area contributed by atoms with E-state index in [2.05, 4.69) is 25.1 Å². The second kappa shape index (κ2) is 8.38. The Morgan fingerprint density at radius 1 is 1.07 bits per heavy atom. The van der Waals surface area contributed by atoms with E-state index in [9.17, 15) is 8.42 Å². The van der Waals surface area contributed by atoms with Crippen molar-refractivity contribution in [1.82, 2.24) is 10.2 Å². The van der Waals surface area contributed by atoms with Crippen LogP contribution in [0, 0.1) is 0 Å². The standard InChI is InChI=1S/C20H23N5O2S2/c1-2-18-9-10-20(28-18)29(26,27)24-16-7-5-15(6-8-16)22-19-13-17(14-21-23-19)25-11-3-4-12-25/h5-10,13-14,24H,2-4,11-12H2,1H3,(H,22,23). The summed E-state index contributed by atoms with van der Waals surface area (Å²) in [5.74, 6) is 0.661. The molecular weight excluding hydrogens is 406 g/mol. The minimum atomic E-state index is -3.57. The summed E-state index contributed by atoms with van der Waals surface area (Å²) in [5, 5.41) is 11.5. The van der Waals surface area contributed by atoms with Gasteiger partial charge in [-0.05, 0) is 55.7 Å². The maximum atomic E-state index is 12.5. The van der Waals surface area contributed by atoms with Gasteiger partial charge in [-0.25, -0.2) is 8.42 Å². The van der Waals surface area contributed by atoms with Crippen LogP contribution in [0.25, 0.3) is 0 Å². The Kier molecular flexibility index (Phi) is 5.68. The molecule has 7 nitrogen and oxygen atoms in total. The molecule has 0 radical (unpaired) electrons. The minimum absolute atomic E-state index is 0.325. The fourth-order valence-corrected chi connectivity index (χ4v) is 5.59. The van der Waals surface area contributed by atoms with Gasteiger partial charge in [-0.1, -0.05) is 6.92 Å². The monoisotopic (exact) mass is 429 g/mol. The largest absolute Gasteiger partial charge is 0.370 e. The number of thiophene rings is 1. The molecule has 1 saturated heterocycles. The van der Waals surface area contributed by atoms with E-state index in [0.29, 0.717) is 15.7 Å². The summed E-state index contributed by atoms with van der Waals surface area (Å²) in [4.78, 5) is 3.34. The molecule has 3 aromatic rings. The smallest absolute Gasteiger partial charge is 0.271 e. The number of hydrogen-bond donors (Lipinski definition) is 2. The fraction of sp³-hybridized carbons (Fsp3) is 0.300. The SMILES string of the molecule is CCc1ccc(S(=O)(=O)Nc2ccc(Nc3cc(N4CCCC4)cnn3)cc2)s1. The van der Waals surface area contributed by atoms with Crippen molar-refractivity contribution in [3.63, 3.8) is 0 Å². The van der Waals surface area contributed by atoms with Gasteiger partial charge in [0.1, 0.15) is 4.21 Å². The van der Waals surface area contributed by atoms with E-state index >= 15 is 0 Å². The van der Waals surface area contributed by atoms with Gasteiger partial charge in [0, 0.05) is 35.4 Å². The van der Waals surface area contributed by atoms with E-state index in [1.54, 1.807) is 24.4 Å². The predicted molar refractivity (Wildman–Crippen MR) is 118 cm³/mol. The summed E-state index contributed by atoms with van der Waals surface area (Å²) in [5.41, 5.74) is 2.39. The van der Waals surface area contributed by atoms with Crippen LogP contribution in [0.15, 0.2) is 52.9 Å². The van der Waals surface area contributed by atoms with E-state index in [-0.39, 0.29) is 0 Å². The van der Waals surface area contributed by atoms with Crippen LogP contribution >= 0.6 is 11.3 Å². The van der Waals surface area contributed by atoms with E-state index < -0.39 is 10.0 Å². The highest BCUT2D eigenvalue weighted by Gasteiger charge is 2.17. The molecule has 0 aliphatic carbocycles. The van der Waals surface area contributed by atoms with Crippen LogP contribution in [0.4, 0.5) is 22.9 Å². The first-order chi connectivity index (χ1) is 14.0. The van der Waals surface area contributed by atoms with Gasteiger partial charge < -0.3 is 10.2 Å². The molecule has 1 aromatic carbocycles. The zero-order valence-corrected chi connectivity index (χ0v) is 17.8. The molecule has 3 heterocycles. The maximum absolute atomic E-state index is 12.5. The lowest BCUT2D eigenvalue weighted by Crippen LogP contribution is -2.18. The Morgan fingerprint density at radius 3 is 2.48 bits per heavy atom. The lowest BCUT2D eigenvalue weighted by molar-refractivity contribution is 0.603. The molecule has 0 unspecified atom stereocenters. The lowest BCUT2D eigenvalue weighted by atomic mass is 10.3. The Morgan fingerprint density at radius 2 is 1.79 bits per heavy atom. The van der Waals surface area contributed by atoms with Crippen molar-refractivity contribution in [2.24, 2.45) is 0 Å². The molecule has 1 aliphatic rings. The van der Waals surface area contributed by atoms with Crippen molar-refractivity contribution in [2.45, 2.75) is 30.4 Å². The van der Waals surface area contributed by atoms with Crippen LogP contribution in [0.5, 0.6) is 0 Å². The zero-order chi connectivity index (χ0) is 20.3. The van der Waals surface area contributed by atoms with Crippen LogP contribution in [0.2, 0.25) is 0 Å². The van der Waals surface area contributed by atoms with Gasteiger partial charge in [-0.2, -0.15) is 5.10 Å². The second-order valence-corrected chi connectivity index (χ2v) is 9.95. The molecule has 1 fully saturated rings. The topological polar surface area (TPSA) is 87.2 Å². The summed E-state index contributed by atoms with van der Waals surface area (Å²) in [6, 6.07) is 12.6. The number of anilines is 4. The summed E-state index contributed by atoms with van der Waals surface area (Å²) < 4.78 is 28.0. The molecular formula is C20H23N5O2S2. The van der Waals surface area contributed by atoms with E-state index in [1.807, 2.05) is 31.2 Å². The normalized spacial score (nSPS) is 14.2. The first-order valence-corrected chi connectivity index (χ1v) is 11.9. The van der Waals surface area contributed by atoms with Gasteiger partial charge in [0.05, 0.1) is 11.9 Å². The quantitative estimate of drug-likeness (QED) is 0.584. The van der Waals surface area contributed by atoms with E-state index in [0.717, 1.165) is 35.8 Å². The maximum Gasteiger partial charge on any atom is 0.271 e. The van der Waals surface area contributed by atoms with Crippen LogP contribution in [0.1, 0.15) is 24.6 Å². The predicted octanol–water partition coefficient (Wildman–Crippen LogP) is 4.25. The van der Waals surface area contributed by atoms with Crippen molar-refractivity contribution in [3.05, 3.63) is 53.5 Å². The Balaban J connectivity index is 1.43. The third-order valence-electron chi connectivity index (χ3n) is 4.77.